The third-order valence-electron chi connectivity index (χ3n) is 4.73. The lowest BCUT2D eigenvalue weighted by Gasteiger charge is -2.17. The molecule has 0 unspecified atom stereocenters. The summed E-state index contributed by atoms with van der Waals surface area (Å²) in [5, 5.41) is 0. The van der Waals surface area contributed by atoms with Crippen LogP contribution in [-0.4, -0.2) is 47.7 Å². The van der Waals surface area contributed by atoms with Gasteiger partial charge in [0.05, 0.1) is 15.5 Å². The van der Waals surface area contributed by atoms with Crippen LogP contribution < -0.4 is 9.62 Å². The number of nitrogens with zero attached hydrogens (tertiary/aromatic N) is 2. The van der Waals surface area contributed by atoms with Gasteiger partial charge in [-0.3, -0.25) is 9.52 Å². The van der Waals surface area contributed by atoms with E-state index >= 15 is 0 Å². The highest BCUT2D eigenvalue weighted by atomic mass is 32.2. The van der Waals surface area contributed by atoms with Crippen molar-refractivity contribution in [3.63, 3.8) is 0 Å². The molecule has 1 amide bonds. The van der Waals surface area contributed by atoms with Crippen LogP contribution in [0.1, 0.15) is 18.4 Å². The number of amides is 1. The summed E-state index contributed by atoms with van der Waals surface area (Å²) in [5.74, 6) is 0.0213. The summed E-state index contributed by atoms with van der Waals surface area (Å²) < 4.78 is 53.8. The molecule has 2 aromatic rings. The predicted molar refractivity (Wildman–Crippen MR) is 111 cm³/mol. The van der Waals surface area contributed by atoms with Crippen molar-refractivity contribution in [3.8, 4) is 0 Å². The van der Waals surface area contributed by atoms with Crippen molar-refractivity contribution in [1.82, 2.24) is 4.31 Å². The van der Waals surface area contributed by atoms with Gasteiger partial charge in [-0.05, 0) is 55.3 Å². The monoisotopic (exact) mass is 437 g/mol. The summed E-state index contributed by atoms with van der Waals surface area (Å²) in [5.41, 5.74) is 1.32. The number of aryl methyl sites for hydroxylation is 1. The van der Waals surface area contributed by atoms with Crippen LogP contribution in [0.5, 0.6) is 0 Å². The second-order valence-corrected chi connectivity index (χ2v) is 10.8. The lowest BCUT2D eigenvalue weighted by Crippen LogP contribution is -2.24. The van der Waals surface area contributed by atoms with Crippen LogP contribution in [0.2, 0.25) is 0 Å². The lowest BCUT2D eigenvalue weighted by atomic mass is 10.2. The number of benzene rings is 2. The van der Waals surface area contributed by atoms with Gasteiger partial charge in [-0.15, -0.1) is 0 Å². The van der Waals surface area contributed by atoms with Crippen LogP contribution in [-0.2, 0) is 24.8 Å². The van der Waals surface area contributed by atoms with E-state index in [4.69, 9.17) is 0 Å². The maximum Gasteiger partial charge on any atom is 0.261 e. The van der Waals surface area contributed by atoms with Crippen LogP contribution in [0.3, 0.4) is 0 Å². The maximum atomic E-state index is 12.7. The van der Waals surface area contributed by atoms with Gasteiger partial charge in [-0.1, -0.05) is 6.07 Å². The van der Waals surface area contributed by atoms with E-state index in [1.807, 2.05) is 0 Å². The second kappa shape index (κ2) is 7.77. The summed E-state index contributed by atoms with van der Waals surface area (Å²) in [7, 11) is -4.80. The molecule has 0 aromatic heterocycles. The highest BCUT2D eigenvalue weighted by molar-refractivity contribution is 7.92. The number of hydrogen-bond donors (Lipinski definition) is 1. The molecular weight excluding hydrogens is 414 g/mol. The largest absolute Gasteiger partial charge is 0.312 e. The fourth-order valence-corrected chi connectivity index (χ4v) is 5.27. The van der Waals surface area contributed by atoms with E-state index in [0.29, 0.717) is 24.2 Å². The molecule has 0 saturated carbocycles. The Morgan fingerprint density at radius 2 is 1.66 bits per heavy atom. The second-order valence-electron chi connectivity index (χ2n) is 7.02. The predicted octanol–water partition coefficient (Wildman–Crippen LogP) is 2.17. The highest BCUT2D eigenvalue weighted by Gasteiger charge is 2.24. The van der Waals surface area contributed by atoms with E-state index in [-0.39, 0.29) is 21.4 Å². The molecule has 8 nitrogen and oxygen atoms in total. The Morgan fingerprint density at radius 3 is 2.21 bits per heavy atom. The van der Waals surface area contributed by atoms with E-state index in [1.165, 1.54) is 38.4 Å². The van der Waals surface area contributed by atoms with Crippen LogP contribution >= 0.6 is 0 Å². The minimum Gasteiger partial charge on any atom is -0.312 e. The number of nitrogens with one attached hydrogen (secondary N) is 1. The average Bonchev–Trinajstić information content (AvgIpc) is 3.09. The van der Waals surface area contributed by atoms with Crippen molar-refractivity contribution in [1.29, 1.82) is 0 Å². The molecule has 1 N–H and O–H groups in total. The topological polar surface area (TPSA) is 104 Å². The number of carbonyl (C=O) groups excluding carboxylic acids is 1. The zero-order valence-corrected chi connectivity index (χ0v) is 18.0. The van der Waals surface area contributed by atoms with Crippen LogP contribution in [0.15, 0.2) is 52.3 Å². The first-order chi connectivity index (χ1) is 13.5. The fraction of sp³-hybridized carbons (Fsp3) is 0.316. The van der Waals surface area contributed by atoms with Crippen molar-refractivity contribution in [2.24, 2.45) is 0 Å². The number of anilines is 2. The van der Waals surface area contributed by atoms with Crippen molar-refractivity contribution in [2.75, 3.05) is 30.3 Å². The first-order valence-corrected chi connectivity index (χ1v) is 11.9. The van der Waals surface area contributed by atoms with Crippen LogP contribution in [0, 0.1) is 6.92 Å². The fourth-order valence-electron chi connectivity index (χ4n) is 3.08. The number of carbonyl (C=O) groups is 1. The molecule has 10 heteroatoms. The van der Waals surface area contributed by atoms with Gasteiger partial charge < -0.3 is 4.90 Å². The van der Waals surface area contributed by atoms with Crippen LogP contribution in [0.25, 0.3) is 0 Å². The Bertz CT molecular complexity index is 1140. The molecule has 0 aliphatic carbocycles. The quantitative estimate of drug-likeness (QED) is 0.746. The molecule has 3 rings (SSSR count). The molecule has 1 aliphatic heterocycles. The van der Waals surface area contributed by atoms with Gasteiger partial charge in [-0.2, -0.15) is 0 Å². The Labute approximate surface area is 171 Å². The normalized spacial score (nSPS) is 15.2. The van der Waals surface area contributed by atoms with Gasteiger partial charge in [0.25, 0.3) is 10.0 Å². The molecule has 0 spiro atoms. The summed E-state index contributed by atoms with van der Waals surface area (Å²) in [4.78, 5) is 13.5. The molecule has 29 heavy (non-hydrogen) atoms. The molecule has 2 aromatic carbocycles. The minimum atomic E-state index is -3.92. The molecule has 1 fully saturated rings. The summed E-state index contributed by atoms with van der Waals surface area (Å²) in [6.45, 7) is 2.27. The Morgan fingerprint density at radius 1 is 1.00 bits per heavy atom. The molecule has 0 bridgehead atoms. The van der Waals surface area contributed by atoms with E-state index in [1.54, 1.807) is 30.0 Å². The highest BCUT2D eigenvalue weighted by Crippen LogP contribution is 2.26. The van der Waals surface area contributed by atoms with Gasteiger partial charge in [0.2, 0.25) is 15.9 Å². The zero-order valence-electron chi connectivity index (χ0n) is 16.4. The molecule has 0 atom stereocenters. The minimum absolute atomic E-state index is 0.0190. The number of hydrogen-bond acceptors (Lipinski definition) is 5. The van der Waals surface area contributed by atoms with Crippen molar-refractivity contribution >= 4 is 37.3 Å². The van der Waals surface area contributed by atoms with Gasteiger partial charge in [-0.25, -0.2) is 21.1 Å². The molecule has 1 aliphatic rings. The first kappa shape index (κ1) is 21.3. The lowest BCUT2D eigenvalue weighted by molar-refractivity contribution is -0.117. The third-order valence-corrected chi connectivity index (χ3v) is 8.09. The SMILES string of the molecule is Cc1ccc(NS(=O)(=O)c2ccc(N3CCCC3=O)cc2)cc1S(=O)(=O)N(C)C. The molecule has 156 valence electrons. The van der Waals surface area contributed by atoms with Gasteiger partial charge in [0, 0.05) is 32.7 Å². The van der Waals surface area contributed by atoms with Crippen LogP contribution in [0.4, 0.5) is 11.4 Å². The Hall–Kier alpha value is -2.43. The van der Waals surface area contributed by atoms with Gasteiger partial charge >= 0.3 is 0 Å². The van der Waals surface area contributed by atoms with E-state index in [2.05, 4.69) is 4.72 Å². The molecule has 1 saturated heterocycles. The maximum absolute atomic E-state index is 12.7. The van der Waals surface area contributed by atoms with E-state index < -0.39 is 20.0 Å². The smallest absolute Gasteiger partial charge is 0.261 e. The summed E-state index contributed by atoms with van der Waals surface area (Å²) in [6.07, 6.45) is 1.28. The third kappa shape index (κ3) is 4.29. The number of rotatable bonds is 6. The average molecular weight is 438 g/mol. The molecule has 1 heterocycles. The van der Waals surface area contributed by atoms with Gasteiger partial charge in [0.1, 0.15) is 0 Å². The summed E-state index contributed by atoms with van der Waals surface area (Å²) in [6, 6.07) is 10.4. The van der Waals surface area contributed by atoms with E-state index in [9.17, 15) is 21.6 Å². The summed E-state index contributed by atoms with van der Waals surface area (Å²) >= 11 is 0. The first-order valence-electron chi connectivity index (χ1n) is 8.99. The zero-order chi connectivity index (χ0) is 21.4. The van der Waals surface area contributed by atoms with Crippen molar-refractivity contribution < 1.29 is 21.6 Å². The van der Waals surface area contributed by atoms with Crippen molar-refractivity contribution in [3.05, 3.63) is 48.0 Å². The molecule has 0 radical (unpaired) electrons. The molecular formula is C19H23N3O5S2. The van der Waals surface area contributed by atoms with E-state index in [0.717, 1.165) is 10.7 Å². The van der Waals surface area contributed by atoms with Gasteiger partial charge in [0.15, 0.2) is 0 Å². The Kier molecular flexibility index (Phi) is 5.70. The Balaban J connectivity index is 1.87. The number of sulfonamides is 2. The van der Waals surface area contributed by atoms with Crippen molar-refractivity contribution in [2.45, 2.75) is 29.6 Å². The standard InChI is InChI=1S/C19H23N3O5S2/c1-14-6-7-15(13-18(14)29(26,27)21(2)3)20-28(24,25)17-10-8-16(9-11-17)22-12-4-5-19(22)23/h6-11,13,20H,4-5,12H2,1-3H3.